The number of non-ortho nitro benzene ring substituents is 1. The van der Waals surface area contributed by atoms with Crippen molar-refractivity contribution in [3.05, 3.63) is 45.7 Å². The van der Waals surface area contributed by atoms with E-state index in [2.05, 4.69) is 15.1 Å². The van der Waals surface area contributed by atoms with Crippen molar-refractivity contribution in [2.75, 3.05) is 0 Å². The van der Waals surface area contributed by atoms with Gasteiger partial charge in [0, 0.05) is 24.6 Å². The minimum Gasteiger partial charge on any atom is -0.453 e. The van der Waals surface area contributed by atoms with Crippen LogP contribution < -0.4 is 0 Å². The van der Waals surface area contributed by atoms with E-state index in [1.807, 2.05) is 0 Å². The predicted molar refractivity (Wildman–Crippen MR) is 83.2 cm³/mol. The van der Waals surface area contributed by atoms with E-state index in [9.17, 15) is 10.1 Å². The summed E-state index contributed by atoms with van der Waals surface area (Å²) in [7, 11) is 1.75. The number of halogens is 1. The third kappa shape index (κ3) is 2.11. The maximum atomic E-state index is 10.8. The highest BCUT2D eigenvalue weighted by Crippen LogP contribution is 2.30. The normalized spacial score (nSPS) is 11.4. The monoisotopic (exact) mass is 329 g/mol. The number of nitrogens with zero attached hydrogens (tertiary/aromatic N) is 5. The van der Waals surface area contributed by atoms with Crippen LogP contribution in [0.3, 0.4) is 0 Å². The number of furan rings is 1. The Morgan fingerprint density at radius 2 is 2.13 bits per heavy atom. The molecule has 114 valence electrons. The third-order valence-corrected chi connectivity index (χ3v) is 3.76. The minimum atomic E-state index is -0.457. The largest absolute Gasteiger partial charge is 0.453 e. The van der Waals surface area contributed by atoms with Crippen LogP contribution in [0.2, 0.25) is 5.15 Å². The third-order valence-electron chi connectivity index (χ3n) is 3.48. The minimum absolute atomic E-state index is 0.00844. The van der Waals surface area contributed by atoms with Gasteiger partial charge in [0.2, 0.25) is 0 Å². The van der Waals surface area contributed by atoms with Gasteiger partial charge in [-0.2, -0.15) is 5.10 Å². The van der Waals surface area contributed by atoms with Gasteiger partial charge in [-0.3, -0.25) is 14.8 Å². The van der Waals surface area contributed by atoms with Crippen molar-refractivity contribution < 1.29 is 9.34 Å². The molecule has 8 nitrogen and oxygen atoms in total. The summed E-state index contributed by atoms with van der Waals surface area (Å²) >= 11 is 6.16. The van der Waals surface area contributed by atoms with Crippen LogP contribution in [-0.4, -0.2) is 24.7 Å². The average molecular weight is 330 g/mol. The number of fused-ring (bicyclic) bond motifs is 2. The molecule has 0 aliphatic carbocycles. The molecule has 0 radical (unpaired) electrons. The van der Waals surface area contributed by atoms with Gasteiger partial charge in [-0.25, -0.2) is 9.97 Å². The van der Waals surface area contributed by atoms with Crippen LogP contribution in [-0.2, 0) is 7.05 Å². The molecule has 0 spiro atoms. The van der Waals surface area contributed by atoms with Gasteiger partial charge in [-0.1, -0.05) is 11.6 Å². The molecule has 4 rings (SSSR count). The lowest BCUT2D eigenvalue weighted by molar-refractivity contribution is -0.384. The van der Waals surface area contributed by atoms with Crippen LogP contribution in [0.5, 0.6) is 0 Å². The van der Waals surface area contributed by atoms with Crippen LogP contribution >= 0.6 is 11.6 Å². The second kappa shape index (κ2) is 4.75. The molecular formula is C14H8ClN5O3. The SMILES string of the molecule is Cn1ncc2c(Cl)nc(-c3cc4cc([N+](=O)[O-])ccc4o3)nc21. The van der Waals surface area contributed by atoms with E-state index < -0.39 is 4.92 Å². The highest BCUT2D eigenvalue weighted by Gasteiger charge is 2.16. The first kappa shape index (κ1) is 13.6. The quantitative estimate of drug-likeness (QED) is 0.317. The summed E-state index contributed by atoms with van der Waals surface area (Å²) in [4.78, 5) is 19.0. The molecule has 0 saturated carbocycles. The van der Waals surface area contributed by atoms with E-state index >= 15 is 0 Å². The van der Waals surface area contributed by atoms with Crippen LogP contribution in [0.4, 0.5) is 5.69 Å². The predicted octanol–water partition coefficient (Wildman–Crippen LogP) is 3.34. The van der Waals surface area contributed by atoms with Gasteiger partial charge < -0.3 is 4.42 Å². The van der Waals surface area contributed by atoms with Crippen molar-refractivity contribution in [3.63, 3.8) is 0 Å². The molecule has 0 fully saturated rings. The molecule has 0 bridgehead atoms. The van der Waals surface area contributed by atoms with Gasteiger partial charge in [0.15, 0.2) is 17.2 Å². The molecule has 0 N–H and O–H groups in total. The Labute approximate surface area is 133 Å². The second-order valence-electron chi connectivity index (χ2n) is 4.93. The molecular weight excluding hydrogens is 322 g/mol. The van der Waals surface area contributed by atoms with Crippen LogP contribution in [0, 0.1) is 10.1 Å². The fourth-order valence-electron chi connectivity index (χ4n) is 2.35. The summed E-state index contributed by atoms with van der Waals surface area (Å²) in [6, 6.07) is 6.01. The molecule has 0 amide bonds. The molecule has 0 aliphatic rings. The highest BCUT2D eigenvalue weighted by molar-refractivity contribution is 6.34. The fourth-order valence-corrected chi connectivity index (χ4v) is 2.57. The number of aromatic nitrogens is 4. The summed E-state index contributed by atoms with van der Waals surface area (Å²) in [6.45, 7) is 0. The molecule has 0 atom stereocenters. The Hall–Kier alpha value is -3.00. The summed E-state index contributed by atoms with van der Waals surface area (Å²) in [6.07, 6.45) is 1.59. The van der Waals surface area contributed by atoms with E-state index in [-0.39, 0.29) is 10.8 Å². The number of nitro benzene ring substituents is 1. The second-order valence-corrected chi connectivity index (χ2v) is 5.29. The maximum Gasteiger partial charge on any atom is 0.270 e. The molecule has 4 aromatic rings. The first-order chi connectivity index (χ1) is 11.0. The van der Waals surface area contributed by atoms with Crippen molar-refractivity contribution in [2.24, 2.45) is 7.05 Å². The first-order valence-electron chi connectivity index (χ1n) is 6.56. The summed E-state index contributed by atoms with van der Waals surface area (Å²) in [5.74, 6) is 0.676. The van der Waals surface area contributed by atoms with Gasteiger partial charge in [0.25, 0.3) is 5.69 Å². The van der Waals surface area contributed by atoms with Crippen LogP contribution in [0.1, 0.15) is 0 Å². The Kier molecular flexibility index (Phi) is 2.82. The number of rotatable bonds is 2. The van der Waals surface area contributed by atoms with Gasteiger partial charge in [0.1, 0.15) is 10.7 Å². The average Bonchev–Trinajstić information content (AvgIpc) is 3.10. The number of benzene rings is 1. The lowest BCUT2D eigenvalue weighted by Crippen LogP contribution is -1.95. The molecule has 1 aromatic carbocycles. The zero-order chi connectivity index (χ0) is 16.1. The molecule has 0 unspecified atom stereocenters. The van der Waals surface area contributed by atoms with E-state index in [0.29, 0.717) is 33.6 Å². The molecule has 3 heterocycles. The number of aryl methyl sites for hydroxylation is 1. The van der Waals surface area contributed by atoms with Crippen molar-refractivity contribution in [2.45, 2.75) is 0 Å². The van der Waals surface area contributed by atoms with Crippen LogP contribution in [0.15, 0.2) is 34.9 Å². The zero-order valence-electron chi connectivity index (χ0n) is 11.7. The van der Waals surface area contributed by atoms with Gasteiger partial charge in [0.05, 0.1) is 16.5 Å². The Balaban J connectivity index is 1.91. The Bertz CT molecular complexity index is 1080. The van der Waals surface area contributed by atoms with Crippen molar-refractivity contribution in [1.82, 2.24) is 19.7 Å². The lowest BCUT2D eigenvalue weighted by Gasteiger charge is -1.99. The van der Waals surface area contributed by atoms with E-state index in [0.717, 1.165) is 0 Å². The highest BCUT2D eigenvalue weighted by atomic mass is 35.5. The van der Waals surface area contributed by atoms with Gasteiger partial charge in [-0.15, -0.1) is 0 Å². The van der Waals surface area contributed by atoms with Crippen molar-refractivity contribution in [1.29, 1.82) is 0 Å². The molecule has 0 aliphatic heterocycles. The standard InChI is InChI=1S/C14H8ClN5O3/c1-19-14-9(6-16-19)12(15)17-13(18-14)11-5-7-4-8(20(21)22)2-3-10(7)23-11/h2-6H,1H3. The molecule has 0 saturated heterocycles. The first-order valence-corrected chi connectivity index (χ1v) is 6.94. The van der Waals surface area contributed by atoms with Gasteiger partial charge in [-0.05, 0) is 12.1 Å². The molecule has 23 heavy (non-hydrogen) atoms. The fraction of sp³-hybridized carbons (Fsp3) is 0.0714. The summed E-state index contributed by atoms with van der Waals surface area (Å²) < 4.78 is 7.26. The van der Waals surface area contributed by atoms with E-state index in [4.69, 9.17) is 16.0 Å². The summed E-state index contributed by atoms with van der Waals surface area (Å²) in [5, 5.41) is 16.4. The number of hydrogen-bond acceptors (Lipinski definition) is 6. The summed E-state index contributed by atoms with van der Waals surface area (Å²) in [5.41, 5.74) is 1.08. The number of hydrogen-bond donors (Lipinski definition) is 0. The Morgan fingerprint density at radius 1 is 1.30 bits per heavy atom. The van der Waals surface area contributed by atoms with Crippen molar-refractivity contribution >= 4 is 39.3 Å². The van der Waals surface area contributed by atoms with E-state index in [1.54, 1.807) is 30.1 Å². The number of nitro groups is 1. The lowest BCUT2D eigenvalue weighted by atomic mass is 10.2. The maximum absolute atomic E-state index is 10.8. The van der Waals surface area contributed by atoms with E-state index in [1.165, 1.54) is 12.1 Å². The topological polar surface area (TPSA) is 99.9 Å². The smallest absolute Gasteiger partial charge is 0.270 e. The Morgan fingerprint density at radius 3 is 2.91 bits per heavy atom. The van der Waals surface area contributed by atoms with Crippen molar-refractivity contribution in [3.8, 4) is 11.6 Å². The molecule has 3 aromatic heterocycles. The van der Waals surface area contributed by atoms with Crippen LogP contribution in [0.25, 0.3) is 33.6 Å². The zero-order valence-corrected chi connectivity index (χ0v) is 12.5. The molecule has 9 heteroatoms. The van der Waals surface area contributed by atoms with Gasteiger partial charge >= 0.3 is 0 Å².